The van der Waals surface area contributed by atoms with Gasteiger partial charge in [-0.05, 0) is 5.92 Å². The highest BCUT2D eigenvalue weighted by Gasteiger charge is 2.08. The molecule has 0 aliphatic carbocycles. The molecular weight excluding hydrogens is 180 g/mol. The molecule has 0 radical (unpaired) electrons. The zero-order valence-corrected chi connectivity index (χ0v) is 8.15. The van der Waals surface area contributed by atoms with E-state index in [0.717, 1.165) is 12.2 Å². The molecule has 0 fully saturated rings. The summed E-state index contributed by atoms with van der Waals surface area (Å²) in [5, 5.41) is 13.4. The molecule has 6 nitrogen and oxygen atoms in total. The Labute approximate surface area is 81.2 Å². The van der Waals surface area contributed by atoms with Crippen LogP contribution < -0.4 is 0 Å². The van der Waals surface area contributed by atoms with Gasteiger partial charge in [-0.25, -0.2) is 9.97 Å². The Kier molecular flexibility index (Phi) is 2.26. The molecule has 0 saturated carbocycles. The predicted molar refractivity (Wildman–Crippen MR) is 50.3 cm³/mol. The first-order valence-corrected chi connectivity index (χ1v) is 4.52. The lowest BCUT2D eigenvalue weighted by molar-refractivity contribution is 0.622. The van der Waals surface area contributed by atoms with Crippen molar-refractivity contribution >= 4 is 0 Å². The van der Waals surface area contributed by atoms with Crippen LogP contribution in [0.3, 0.4) is 0 Å². The number of nitrogens with one attached hydrogen (secondary N) is 2. The molecule has 2 N–H and O–H groups in total. The zero-order chi connectivity index (χ0) is 9.97. The molecule has 0 aromatic carbocycles. The van der Waals surface area contributed by atoms with Gasteiger partial charge in [0.2, 0.25) is 5.82 Å². The van der Waals surface area contributed by atoms with Crippen molar-refractivity contribution in [1.82, 2.24) is 30.4 Å². The average molecular weight is 192 g/mol. The van der Waals surface area contributed by atoms with Gasteiger partial charge < -0.3 is 0 Å². The van der Waals surface area contributed by atoms with E-state index in [9.17, 15) is 0 Å². The van der Waals surface area contributed by atoms with E-state index in [1.54, 1.807) is 0 Å². The predicted octanol–water partition coefficient (Wildman–Crippen LogP) is 0.788. The third-order valence-electron chi connectivity index (χ3n) is 1.76. The average Bonchev–Trinajstić information content (AvgIpc) is 2.69. The van der Waals surface area contributed by atoms with Crippen LogP contribution in [0, 0.1) is 5.92 Å². The van der Waals surface area contributed by atoms with Crippen LogP contribution >= 0.6 is 0 Å². The van der Waals surface area contributed by atoms with Crippen molar-refractivity contribution < 1.29 is 0 Å². The van der Waals surface area contributed by atoms with Gasteiger partial charge in [0.05, 0.1) is 0 Å². The Bertz CT molecular complexity index is 388. The molecule has 74 valence electrons. The van der Waals surface area contributed by atoms with E-state index in [1.165, 1.54) is 6.33 Å². The van der Waals surface area contributed by atoms with Crippen LogP contribution in [0.2, 0.25) is 0 Å². The van der Waals surface area contributed by atoms with Gasteiger partial charge in [-0.3, -0.25) is 10.2 Å². The summed E-state index contributed by atoms with van der Waals surface area (Å²) in [6.07, 6.45) is 2.33. The van der Waals surface area contributed by atoms with Gasteiger partial charge in [0, 0.05) is 6.42 Å². The second-order valence-corrected chi connectivity index (χ2v) is 3.54. The van der Waals surface area contributed by atoms with Crippen molar-refractivity contribution in [3.8, 4) is 11.6 Å². The van der Waals surface area contributed by atoms with Gasteiger partial charge in [-0.2, -0.15) is 5.10 Å². The molecule has 2 aromatic rings. The van der Waals surface area contributed by atoms with Crippen molar-refractivity contribution in [1.29, 1.82) is 0 Å². The summed E-state index contributed by atoms with van der Waals surface area (Å²) >= 11 is 0. The molecule has 0 aliphatic heterocycles. The smallest absolute Gasteiger partial charge is 0.218 e. The Morgan fingerprint density at radius 3 is 2.86 bits per heavy atom. The Balaban J connectivity index is 2.18. The van der Waals surface area contributed by atoms with Crippen molar-refractivity contribution in [2.45, 2.75) is 20.3 Å². The second kappa shape index (κ2) is 3.57. The monoisotopic (exact) mass is 192 g/mol. The van der Waals surface area contributed by atoms with E-state index in [4.69, 9.17) is 0 Å². The zero-order valence-electron chi connectivity index (χ0n) is 8.15. The molecule has 2 aromatic heterocycles. The van der Waals surface area contributed by atoms with Crippen molar-refractivity contribution in [2.24, 2.45) is 5.92 Å². The number of aromatic nitrogens is 6. The lowest BCUT2D eigenvalue weighted by Crippen LogP contribution is -1.96. The Hall–Kier alpha value is -1.72. The fourth-order valence-corrected chi connectivity index (χ4v) is 1.19. The maximum absolute atomic E-state index is 4.29. The SMILES string of the molecule is CC(C)Cc1nc(-c2ncn[nH]2)n[nH]1. The highest BCUT2D eigenvalue weighted by Crippen LogP contribution is 2.08. The number of H-pyrrole nitrogens is 2. The summed E-state index contributed by atoms with van der Waals surface area (Å²) in [6.45, 7) is 4.27. The molecule has 0 atom stereocenters. The standard InChI is InChI=1S/C8H12N6/c1-5(2)3-6-11-8(14-12-6)7-9-4-10-13-7/h4-5H,3H2,1-2H3,(H,9,10,13)(H,11,12,14). The van der Waals surface area contributed by atoms with Crippen LogP contribution in [-0.2, 0) is 6.42 Å². The van der Waals surface area contributed by atoms with Crippen LogP contribution in [0.5, 0.6) is 0 Å². The number of aromatic amines is 2. The first-order valence-electron chi connectivity index (χ1n) is 4.52. The van der Waals surface area contributed by atoms with E-state index in [-0.39, 0.29) is 0 Å². The van der Waals surface area contributed by atoms with E-state index >= 15 is 0 Å². The van der Waals surface area contributed by atoms with E-state index in [2.05, 4.69) is 44.2 Å². The minimum Gasteiger partial charge on any atom is -0.263 e. The van der Waals surface area contributed by atoms with Crippen LogP contribution in [0.4, 0.5) is 0 Å². The maximum atomic E-state index is 4.29. The summed E-state index contributed by atoms with van der Waals surface area (Å²) in [4.78, 5) is 8.26. The molecule has 2 rings (SSSR count). The highest BCUT2D eigenvalue weighted by atomic mass is 15.3. The molecule has 6 heteroatoms. The maximum Gasteiger partial charge on any atom is 0.218 e. The third-order valence-corrected chi connectivity index (χ3v) is 1.76. The highest BCUT2D eigenvalue weighted by molar-refractivity contribution is 5.40. The molecule has 0 unspecified atom stereocenters. The summed E-state index contributed by atoms with van der Waals surface area (Å²) in [5.41, 5.74) is 0. The van der Waals surface area contributed by atoms with Crippen LogP contribution in [0.1, 0.15) is 19.7 Å². The summed E-state index contributed by atoms with van der Waals surface area (Å²) in [7, 11) is 0. The van der Waals surface area contributed by atoms with Crippen molar-refractivity contribution in [3.05, 3.63) is 12.2 Å². The van der Waals surface area contributed by atoms with Gasteiger partial charge in [-0.1, -0.05) is 13.8 Å². The van der Waals surface area contributed by atoms with Gasteiger partial charge in [-0.15, -0.1) is 5.10 Å². The minimum atomic E-state index is 0.561. The number of nitrogens with zero attached hydrogens (tertiary/aromatic N) is 4. The van der Waals surface area contributed by atoms with E-state index in [0.29, 0.717) is 17.6 Å². The number of hydrogen-bond acceptors (Lipinski definition) is 4. The molecule has 2 heterocycles. The van der Waals surface area contributed by atoms with Crippen LogP contribution in [0.15, 0.2) is 6.33 Å². The number of hydrogen-bond donors (Lipinski definition) is 2. The summed E-state index contributed by atoms with van der Waals surface area (Å²) in [5.74, 6) is 2.60. The van der Waals surface area contributed by atoms with Crippen molar-refractivity contribution in [3.63, 3.8) is 0 Å². The fourth-order valence-electron chi connectivity index (χ4n) is 1.19. The van der Waals surface area contributed by atoms with Gasteiger partial charge in [0.25, 0.3) is 0 Å². The largest absolute Gasteiger partial charge is 0.263 e. The van der Waals surface area contributed by atoms with Gasteiger partial charge in [0.15, 0.2) is 5.82 Å². The Morgan fingerprint density at radius 1 is 1.36 bits per heavy atom. The molecule has 0 amide bonds. The third kappa shape index (κ3) is 1.78. The van der Waals surface area contributed by atoms with Crippen molar-refractivity contribution in [2.75, 3.05) is 0 Å². The summed E-state index contributed by atoms with van der Waals surface area (Å²) < 4.78 is 0. The molecule has 0 aliphatic rings. The minimum absolute atomic E-state index is 0.561. The van der Waals surface area contributed by atoms with E-state index < -0.39 is 0 Å². The first-order chi connectivity index (χ1) is 6.75. The lowest BCUT2D eigenvalue weighted by Gasteiger charge is -1.97. The summed E-state index contributed by atoms with van der Waals surface area (Å²) in [6, 6.07) is 0. The first kappa shape index (κ1) is 8.86. The quantitative estimate of drug-likeness (QED) is 0.753. The fraction of sp³-hybridized carbons (Fsp3) is 0.500. The van der Waals surface area contributed by atoms with Gasteiger partial charge in [0.1, 0.15) is 12.2 Å². The molecule has 0 bridgehead atoms. The molecule has 0 saturated heterocycles. The normalized spacial score (nSPS) is 11.1. The molecule has 0 spiro atoms. The van der Waals surface area contributed by atoms with E-state index in [1.807, 2.05) is 0 Å². The topological polar surface area (TPSA) is 83.1 Å². The lowest BCUT2D eigenvalue weighted by atomic mass is 10.1. The second-order valence-electron chi connectivity index (χ2n) is 3.54. The van der Waals surface area contributed by atoms with Gasteiger partial charge >= 0.3 is 0 Å². The van der Waals surface area contributed by atoms with Crippen LogP contribution in [-0.4, -0.2) is 30.4 Å². The molecular formula is C8H12N6. The molecule has 14 heavy (non-hydrogen) atoms. The Morgan fingerprint density at radius 2 is 2.21 bits per heavy atom. The number of rotatable bonds is 3. The van der Waals surface area contributed by atoms with Crippen LogP contribution in [0.25, 0.3) is 11.6 Å².